The summed E-state index contributed by atoms with van der Waals surface area (Å²) in [6, 6.07) is 5.57. The highest BCUT2D eigenvalue weighted by Gasteiger charge is 2.30. The van der Waals surface area contributed by atoms with Gasteiger partial charge in [0.25, 0.3) is 9.04 Å². The number of rotatable bonds is 6. The SMILES string of the molecule is C=CC(=O)N1CCN(C[Si](OC)c2ccc(C)c(F)c2)C[C@@H]1CC. The number of nitrogens with zero attached hydrogens (tertiary/aromatic N) is 2. The zero-order valence-electron chi connectivity index (χ0n) is 14.7. The Hall–Kier alpha value is -1.50. The molecule has 1 atom stereocenters. The molecule has 1 saturated heterocycles. The maximum absolute atomic E-state index is 13.8. The molecule has 0 N–H and O–H groups in total. The standard InChI is InChI=1S/C18H26FN2O2Si/c1-5-15-12-20(9-10-21(15)18(22)6-2)13-24(23-4)16-8-7-14(3)17(19)11-16/h6-8,11,15H,2,5,9-10,12-13H2,1,3-4H3/t15-/m0/s1. The van der Waals surface area contributed by atoms with Crippen LogP contribution in [0.15, 0.2) is 30.9 Å². The van der Waals surface area contributed by atoms with Gasteiger partial charge < -0.3 is 9.33 Å². The molecular weight excluding hydrogens is 323 g/mol. The minimum absolute atomic E-state index is 0.000577. The van der Waals surface area contributed by atoms with Gasteiger partial charge in [0.05, 0.1) is 0 Å². The van der Waals surface area contributed by atoms with Crippen molar-refractivity contribution in [3.8, 4) is 0 Å². The molecule has 0 saturated carbocycles. The molecular formula is C18H26FN2O2Si. The molecule has 1 fully saturated rings. The normalized spacial score (nSPS) is 18.9. The highest BCUT2D eigenvalue weighted by molar-refractivity contribution is 6.67. The Balaban J connectivity index is 2.05. The van der Waals surface area contributed by atoms with Gasteiger partial charge in [-0.25, -0.2) is 4.39 Å². The summed E-state index contributed by atoms with van der Waals surface area (Å²) in [5.74, 6) is -0.181. The van der Waals surface area contributed by atoms with Crippen molar-refractivity contribution in [1.82, 2.24) is 9.80 Å². The van der Waals surface area contributed by atoms with Crippen LogP contribution < -0.4 is 5.19 Å². The topological polar surface area (TPSA) is 32.8 Å². The van der Waals surface area contributed by atoms with Gasteiger partial charge >= 0.3 is 0 Å². The second kappa shape index (κ2) is 8.55. The van der Waals surface area contributed by atoms with Gasteiger partial charge in [-0.2, -0.15) is 0 Å². The predicted molar refractivity (Wildman–Crippen MR) is 96.0 cm³/mol. The molecule has 0 unspecified atom stereocenters. The van der Waals surface area contributed by atoms with Gasteiger partial charge in [-0.3, -0.25) is 9.69 Å². The Bertz CT molecular complexity index is 596. The average Bonchev–Trinajstić information content (AvgIpc) is 2.61. The molecule has 24 heavy (non-hydrogen) atoms. The number of benzene rings is 1. The van der Waals surface area contributed by atoms with Gasteiger partial charge in [-0.05, 0) is 36.2 Å². The van der Waals surface area contributed by atoms with Gasteiger partial charge in [0.1, 0.15) is 5.82 Å². The van der Waals surface area contributed by atoms with Crippen molar-refractivity contribution in [2.24, 2.45) is 0 Å². The first-order valence-corrected chi connectivity index (χ1v) is 9.93. The lowest BCUT2D eigenvalue weighted by Crippen LogP contribution is -2.57. The lowest BCUT2D eigenvalue weighted by atomic mass is 10.1. The Kier molecular flexibility index (Phi) is 6.71. The lowest BCUT2D eigenvalue weighted by molar-refractivity contribution is -0.130. The van der Waals surface area contributed by atoms with E-state index >= 15 is 0 Å². The van der Waals surface area contributed by atoms with Crippen LogP contribution >= 0.6 is 0 Å². The summed E-state index contributed by atoms with van der Waals surface area (Å²) in [7, 11) is 0.385. The molecule has 1 aromatic rings. The maximum Gasteiger partial charge on any atom is 0.260 e. The monoisotopic (exact) mass is 349 g/mol. The highest BCUT2D eigenvalue weighted by Crippen LogP contribution is 2.14. The van der Waals surface area contributed by atoms with Crippen molar-refractivity contribution in [3.05, 3.63) is 42.2 Å². The molecule has 0 aromatic heterocycles. The van der Waals surface area contributed by atoms with Gasteiger partial charge in [0.15, 0.2) is 0 Å². The Morgan fingerprint density at radius 2 is 2.25 bits per heavy atom. The highest BCUT2D eigenvalue weighted by atomic mass is 28.3. The van der Waals surface area contributed by atoms with Crippen LogP contribution in [0.25, 0.3) is 0 Å². The molecule has 1 heterocycles. The minimum Gasteiger partial charge on any atom is -0.414 e. The number of hydrogen-bond acceptors (Lipinski definition) is 3. The maximum atomic E-state index is 13.8. The summed E-state index contributed by atoms with van der Waals surface area (Å²) in [6.07, 6.45) is 3.08. The number of piperazine rings is 1. The van der Waals surface area contributed by atoms with Crippen molar-refractivity contribution in [1.29, 1.82) is 0 Å². The minimum atomic E-state index is -1.31. The molecule has 1 amide bonds. The molecule has 6 heteroatoms. The molecule has 1 aromatic carbocycles. The average molecular weight is 350 g/mol. The molecule has 1 aliphatic rings. The van der Waals surface area contributed by atoms with Crippen LogP contribution in [0.5, 0.6) is 0 Å². The van der Waals surface area contributed by atoms with Gasteiger partial charge in [-0.1, -0.05) is 25.6 Å². The molecule has 4 nitrogen and oxygen atoms in total. The van der Waals surface area contributed by atoms with Crippen molar-refractivity contribution < 1.29 is 13.6 Å². The summed E-state index contributed by atoms with van der Waals surface area (Å²) in [5, 5.41) is 0.947. The second-order valence-corrected chi connectivity index (χ2v) is 8.27. The van der Waals surface area contributed by atoms with Gasteiger partial charge in [-0.15, -0.1) is 0 Å². The number of carbonyl (C=O) groups excluding carboxylic acids is 1. The third kappa shape index (κ3) is 4.31. The zero-order chi connectivity index (χ0) is 17.7. The Morgan fingerprint density at radius 3 is 2.83 bits per heavy atom. The van der Waals surface area contributed by atoms with Crippen LogP contribution in [-0.4, -0.2) is 63.7 Å². The summed E-state index contributed by atoms with van der Waals surface area (Å²) in [6.45, 7) is 9.77. The molecule has 0 bridgehead atoms. The van der Waals surface area contributed by atoms with E-state index in [0.717, 1.165) is 30.9 Å². The van der Waals surface area contributed by atoms with Crippen molar-refractivity contribution in [2.45, 2.75) is 26.3 Å². The number of amides is 1. The number of halogens is 1. The van der Waals surface area contributed by atoms with Crippen LogP contribution in [0.4, 0.5) is 4.39 Å². The van der Waals surface area contributed by atoms with E-state index in [1.807, 2.05) is 17.0 Å². The Morgan fingerprint density at radius 1 is 1.50 bits per heavy atom. The van der Waals surface area contributed by atoms with E-state index in [2.05, 4.69) is 18.4 Å². The zero-order valence-corrected chi connectivity index (χ0v) is 15.7. The fourth-order valence-corrected chi connectivity index (χ4v) is 4.86. The smallest absolute Gasteiger partial charge is 0.260 e. The van der Waals surface area contributed by atoms with E-state index in [1.54, 1.807) is 20.1 Å². The molecule has 2 rings (SSSR count). The van der Waals surface area contributed by atoms with E-state index in [0.29, 0.717) is 12.1 Å². The van der Waals surface area contributed by atoms with Crippen LogP contribution in [0, 0.1) is 12.7 Å². The third-order valence-electron chi connectivity index (χ3n) is 4.60. The van der Waals surface area contributed by atoms with E-state index in [9.17, 15) is 9.18 Å². The van der Waals surface area contributed by atoms with Crippen LogP contribution in [0.3, 0.4) is 0 Å². The third-order valence-corrected chi connectivity index (χ3v) is 6.79. The largest absolute Gasteiger partial charge is 0.414 e. The first-order chi connectivity index (χ1) is 11.5. The molecule has 0 spiro atoms. The Labute approximate surface area is 145 Å². The lowest BCUT2D eigenvalue weighted by Gasteiger charge is -2.41. The second-order valence-electron chi connectivity index (χ2n) is 6.12. The van der Waals surface area contributed by atoms with E-state index in [-0.39, 0.29) is 17.8 Å². The summed E-state index contributed by atoms with van der Waals surface area (Å²) in [4.78, 5) is 16.2. The van der Waals surface area contributed by atoms with E-state index < -0.39 is 9.04 Å². The van der Waals surface area contributed by atoms with Crippen LogP contribution in [-0.2, 0) is 9.22 Å². The van der Waals surface area contributed by atoms with Gasteiger partial charge in [0, 0.05) is 39.0 Å². The number of hydrogen-bond donors (Lipinski definition) is 0. The van der Waals surface area contributed by atoms with Crippen molar-refractivity contribution in [3.63, 3.8) is 0 Å². The molecule has 0 aliphatic carbocycles. The van der Waals surface area contributed by atoms with Crippen LogP contribution in [0.2, 0.25) is 0 Å². The summed E-state index contributed by atoms with van der Waals surface area (Å²) in [5.41, 5.74) is 0.652. The quantitative estimate of drug-likeness (QED) is 0.578. The first kappa shape index (κ1) is 18.8. The molecule has 1 aliphatic heterocycles. The molecule has 131 valence electrons. The predicted octanol–water partition coefficient (Wildman–Crippen LogP) is 1.63. The fraction of sp³-hybridized carbons (Fsp3) is 0.500. The van der Waals surface area contributed by atoms with Crippen molar-refractivity contribution in [2.75, 3.05) is 32.9 Å². The number of aryl methyl sites for hydroxylation is 1. The first-order valence-electron chi connectivity index (χ1n) is 8.31. The van der Waals surface area contributed by atoms with E-state index in [4.69, 9.17) is 4.43 Å². The van der Waals surface area contributed by atoms with Crippen molar-refractivity contribution >= 4 is 20.1 Å². The summed E-state index contributed by atoms with van der Waals surface area (Å²) < 4.78 is 19.5. The van der Waals surface area contributed by atoms with Crippen LogP contribution in [0.1, 0.15) is 18.9 Å². The molecule has 1 radical (unpaired) electrons. The fourth-order valence-electron chi connectivity index (χ4n) is 3.06. The number of carbonyl (C=O) groups is 1. The van der Waals surface area contributed by atoms with Gasteiger partial charge in [0.2, 0.25) is 5.91 Å². The van der Waals surface area contributed by atoms with E-state index in [1.165, 1.54) is 6.08 Å². The summed E-state index contributed by atoms with van der Waals surface area (Å²) >= 11 is 0.